The largest absolute Gasteiger partial charge is 0.466 e. The lowest BCUT2D eigenvalue weighted by Gasteiger charge is -2.15. The summed E-state index contributed by atoms with van der Waals surface area (Å²) in [6.07, 6.45) is 4.43. The fourth-order valence-corrected chi connectivity index (χ4v) is 3.15. The minimum absolute atomic E-state index is 0.155. The van der Waals surface area contributed by atoms with Gasteiger partial charge in [-0.2, -0.15) is 0 Å². The minimum atomic E-state index is -2.70. The zero-order chi connectivity index (χ0) is 12.4. The van der Waals surface area contributed by atoms with Crippen LogP contribution in [0.15, 0.2) is 12.2 Å². The number of esters is 1. The molecule has 0 radical (unpaired) electrons. The first-order chi connectivity index (χ1) is 7.58. The van der Waals surface area contributed by atoms with Crippen molar-refractivity contribution in [2.45, 2.75) is 27.2 Å². The number of carbonyl (C=O) groups excluding carboxylic acids is 1. The molecule has 0 aromatic heterocycles. The van der Waals surface area contributed by atoms with Crippen LogP contribution in [0.25, 0.3) is 0 Å². The van der Waals surface area contributed by atoms with Gasteiger partial charge in [-0.25, -0.2) is 0 Å². The van der Waals surface area contributed by atoms with Gasteiger partial charge in [0.2, 0.25) is 7.37 Å². The Balaban J connectivity index is 4.21. The molecule has 0 rings (SSSR count). The average Bonchev–Trinajstić information content (AvgIpc) is 2.25. The predicted molar refractivity (Wildman–Crippen MR) is 65.0 cm³/mol. The smallest absolute Gasteiger partial charge is 0.306 e. The van der Waals surface area contributed by atoms with Gasteiger partial charge >= 0.3 is 5.97 Å². The molecule has 0 aliphatic carbocycles. The molecule has 0 heterocycles. The summed E-state index contributed by atoms with van der Waals surface area (Å²) in [5.41, 5.74) is 0. The van der Waals surface area contributed by atoms with Crippen molar-refractivity contribution in [1.29, 1.82) is 0 Å². The van der Waals surface area contributed by atoms with Gasteiger partial charge in [0.1, 0.15) is 0 Å². The Bertz CT molecular complexity index is 273. The second kappa shape index (κ2) is 8.54. The second-order valence-electron chi connectivity index (χ2n) is 3.26. The molecule has 0 fully saturated rings. The summed E-state index contributed by atoms with van der Waals surface area (Å²) in [7, 11) is -2.70. The van der Waals surface area contributed by atoms with Gasteiger partial charge in [-0.3, -0.25) is 9.36 Å². The van der Waals surface area contributed by atoms with Crippen molar-refractivity contribution in [3.63, 3.8) is 0 Å². The lowest BCUT2D eigenvalue weighted by Crippen LogP contribution is -2.08. The Labute approximate surface area is 97.5 Å². The molecule has 1 unspecified atom stereocenters. The van der Waals surface area contributed by atoms with Crippen LogP contribution in [0.1, 0.15) is 27.2 Å². The van der Waals surface area contributed by atoms with E-state index < -0.39 is 7.37 Å². The average molecular weight is 248 g/mol. The molecular weight excluding hydrogens is 227 g/mol. The van der Waals surface area contributed by atoms with Gasteiger partial charge < -0.3 is 9.26 Å². The normalized spacial score (nSPS) is 14.9. The maximum absolute atomic E-state index is 12.2. The Kier molecular flexibility index (Phi) is 8.22. The highest BCUT2D eigenvalue weighted by Gasteiger charge is 2.22. The van der Waals surface area contributed by atoms with Crippen LogP contribution in [0.3, 0.4) is 0 Å². The molecule has 0 saturated heterocycles. The predicted octanol–water partition coefficient (Wildman–Crippen LogP) is 2.83. The molecule has 0 aromatic rings. The molecule has 5 heteroatoms. The SMILES string of the molecule is C/C=C\CP(=O)(CCC(=O)OCC)OCC. The van der Waals surface area contributed by atoms with Gasteiger partial charge in [0.05, 0.1) is 19.6 Å². The summed E-state index contributed by atoms with van der Waals surface area (Å²) in [5.74, 6) is -0.317. The van der Waals surface area contributed by atoms with Crippen LogP contribution in [0, 0.1) is 0 Å². The van der Waals surface area contributed by atoms with Gasteiger partial charge in [-0.1, -0.05) is 12.2 Å². The van der Waals surface area contributed by atoms with E-state index in [0.29, 0.717) is 19.4 Å². The highest BCUT2D eigenvalue weighted by Crippen LogP contribution is 2.47. The van der Waals surface area contributed by atoms with E-state index in [-0.39, 0.29) is 18.6 Å². The first-order valence-corrected chi connectivity index (χ1v) is 7.57. The van der Waals surface area contributed by atoms with Crippen molar-refractivity contribution < 1.29 is 18.6 Å². The van der Waals surface area contributed by atoms with E-state index in [1.807, 2.05) is 19.1 Å². The maximum Gasteiger partial charge on any atom is 0.306 e. The topological polar surface area (TPSA) is 52.6 Å². The van der Waals surface area contributed by atoms with Crippen LogP contribution >= 0.6 is 7.37 Å². The van der Waals surface area contributed by atoms with E-state index in [4.69, 9.17) is 9.26 Å². The van der Waals surface area contributed by atoms with E-state index in [1.165, 1.54) is 0 Å². The minimum Gasteiger partial charge on any atom is -0.466 e. The molecule has 0 spiro atoms. The zero-order valence-electron chi connectivity index (χ0n) is 10.3. The molecule has 16 heavy (non-hydrogen) atoms. The number of hydrogen-bond donors (Lipinski definition) is 0. The van der Waals surface area contributed by atoms with Crippen molar-refractivity contribution in [3.05, 3.63) is 12.2 Å². The van der Waals surface area contributed by atoms with E-state index in [2.05, 4.69) is 0 Å². The van der Waals surface area contributed by atoms with Crippen LogP contribution in [-0.2, 0) is 18.6 Å². The molecule has 4 nitrogen and oxygen atoms in total. The summed E-state index contributed by atoms with van der Waals surface area (Å²) >= 11 is 0. The first-order valence-electron chi connectivity index (χ1n) is 5.57. The van der Waals surface area contributed by atoms with Crippen LogP contribution in [-0.4, -0.2) is 31.5 Å². The third kappa shape index (κ3) is 6.81. The monoisotopic (exact) mass is 248 g/mol. The van der Waals surface area contributed by atoms with Gasteiger partial charge in [-0.15, -0.1) is 0 Å². The molecule has 0 N–H and O–H groups in total. The van der Waals surface area contributed by atoms with Gasteiger partial charge in [0, 0.05) is 12.3 Å². The number of hydrogen-bond acceptors (Lipinski definition) is 4. The van der Waals surface area contributed by atoms with Gasteiger partial charge in [0.15, 0.2) is 0 Å². The first kappa shape index (κ1) is 15.4. The van der Waals surface area contributed by atoms with Crippen LogP contribution in [0.4, 0.5) is 0 Å². The summed E-state index contributed by atoms with van der Waals surface area (Å²) in [6, 6.07) is 0. The standard InChI is InChI=1S/C11H21O4P/c1-4-7-9-16(13,15-6-3)10-8-11(12)14-5-2/h4,7H,5-6,8-10H2,1-3H3/b7-4-. The van der Waals surface area contributed by atoms with Crippen molar-refractivity contribution in [2.75, 3.05) is 25.5 Å². The van der Waals surface area contributed by atoms with Crippen LogP contribution in [0.2, 0.25) is 0 Å². The van der Waals surface area contributed by atoms with Gasteiger partial charge in [0.25, 0.3) is 0 Å². The Morgan fingerprint density at radius 2 is 2.00 bits per heavy atom. The fourth-order valence-electron chi connectivity index (χ4n) is 1.20. The van der Waals surface area contributed by atoms with E-state index >= 15 is 0 Å². The molecule has 0 aliphatic heterocycles. The van der Waals surface area contributed by atoms with E-state index in [1.54, 1.807) is 13.8 Å². The molecule has 94 valence electrons. The van der Waals surface area contributed by atoms with Crippen molar-refractivity contribution in [2.24, 2.45) is 0 Å². The number of ether oxygens (including phenoxy) is 1. The van der Waals surface area contributed by atoms with E-state index in [0.717, 1.165) is 0 Å². The van der Waals surface area contributed by atoms with Crippen molar-refractivity contribution >= 4 is 13.3 Å². The summed E-state index contributed by atoms with van der Waals surface area (Å²) in [6.45, 7) is 6.17. The Hall–Kier alpha value is -0.600. The molecule has 1 atom stereocenters. The highest BCUT2D eigenvalue weighted by molar-refractivity contribution is 7.59. The Morgan fingerprint density at radius 3 is 2.50 bits per heavy atom. The summed E-state index contributed by atoms with van der Waals surface area (Å²) in [5, 5.41) is 0. The lowest BCUT2D eigenvalue weighted by atomic mass is 10.5. The molecule has 0 saturated carbocycles. The van der Waals surface area contributed by atoms with Gasteiger partial charge in [-0.05, 0) is 20.8 Å². The van der Waals surface area contributed by atoms with E-state index in [9.17, 15) is 9.36 Å². The molecule has 0 bridgehead atoms. The van der Waals surface area contributed by atoms with Crippen molar-refractivity contribution in [3.8, 4) is 0 Å². The van der Waals surface area contributed by atoms with Crippen LogP contribution in [0.5, 0.6) is 0 Å². The lowest BCUT2D eigenvalue weighted by molar-refractivity contribution is -0.142. The quantitative estimate of drug-likeness (QED) is 0.376. The maximum atomic E-state index is 12.2. The Morgan fingerprint density at radius 1 is 1.31 bits per heavy atom. The third-order valence-electron chi connectivity index (χ3n) is 1.95. The molecule has 0 amide bonds. The number of carbonyl (C=O) groups is 1. The summed E-state index contributed by atoms with van der Waals surface area (Å²) < 4.78 is 22.2. The fraction of sp³-hybridized carbons (Fsp3) is 0.727. The summed E-state index contributed by atoms with van der Waals surface area (Å²) in [4.78, 5) is 11.2. The molecular formula is C11H21O4P. The van der Waals surface area contributed by atoms with Crippen LogP contribution < -0.4 is 0 Å². The number of allylic oxidation sites excluding steroid dienone is 2. The molecule has 0 aliphatic rings. The molecule has 0 aromatic carbocycles. The second-order valence-corrected chi connectivity index (χ2v) is 5.96. The number of rotatable bonds is 8. The third-order valence-corrected chi connectivity index (χ3v) is 4.35. The zero-order valence-corrected chi connectivity index (χ0v) is 11.2. The highest BCUT2D eigenvalue weighted by atomic mass is 31.2. The van der Waals surface area contributed by atoms with Crippen molar-refractivity contribution in [1.82, 2.24) is 0 Å².